The minimum atomic E-state index is 0.360. The van der Waals surface area contributed by atoms with Gasteiger partial charge >= 0.3 is 0 Å². The molecule has 0 saturated heterocycles. The number of aromatic nitrogens is 1. The summed E-state index contributed by atoms with van der Waals surface area (Å²) >= 11 is 1.67. The fourth-order valence-electron chi connectivity index (χ4n) is 1.95. The highest BCUT2D eigenvalue weighted by atomic mass is 32.1. The van der Waals surface area contributed by atoms with Crippen LogP contribution in [0.25, 0.3) is 0 Å². The van der Waals surface area contributed by atoms with Crippen LogP contribution < -0.4 is 5.32 Å². The second kappa shape index (κ2) is 4.28. The summed E-state index contributed by atoms with van der Waals surface area (Å²) in [5.41, 5.74) is 1.09. The highest BCUT2D eigenvalue weighted by molar-refractivity contribution is 7.13. The van der Waals surface area contributed by atoms with Gasteiger partial charge in [-0.25, -0.2) is 4.98 Å². The molecule has 14 heavy (non-hydrogen) atoms. The second-order valence-electron chi connectivity index (χ2n) is 3.75. The molecular weight excluding hydrogens is 196 g/mol. The molecule has 3 nitrogen and oxygen atoms in total. The first kappa shape index (κ1) is 9.93. The van der Waals surface area contributed by atoms with Gasteiger partial charge in [-0.1, -0.05) is 0 Å². The van der Waals surface area contributed by atoms with Gasteiger partial charge in [0.05, 0.1) is 17.8 Å². The monoisotopic (exact) mass is 212 g/mol. The van der Waals surface area contributed by atoms with Crippen LogP contribution in [0.3, 0.4) is 0 Å². The molecule has 1 aliphatic carbocycles. The van der Waals surface area contributed by atoms with Crippen molar-refractivity contribution in [1.29, 1.82) is 0 Å². The van der Waals surface area contributed by atoms with Crippen molar-refractivity contribution in [2.24, 2.45) is 0 Å². The van der Waals surface area contributed by atoms with Crippen molar-refractivity contribution in [2.45, 2.75) is 38.3 Å². The lowest BCUT2D eigenvalue weighted by atomic mass is 10.2. The number of ether oxygens (including phenoxy) is 1. The van der Waals surface area contributed by atoms with Crippen LogP contribution in [0.4, 0.5) is 5.13 Å². The van der Waals surface area contributed by atoms with Crippen LogP contribution in [0, 0.1) is 6.92 Å². The number of methoxy groups -OCH3 is 1. The summed E-state index contributed by atoms with van der Waals surface area (Å²) in [6, 6.07) is 0.450. The van der Waals surface area contributed by atoms with E-state index in [0.717, 1.165) is 10.8 Å². The summed E-state index contributed by atoms with van der Waals surface area (Å²) in [7, 11) is 1.79. The molecule has 1 saturated carbocycles. The van der Waals surface area contributed by atoms with Gasteiger partial charge in [-0.05, 0) is 26.2 Å². The van der Waals surface area contributed by atoms with E-state index in [0.29, 0.717) is 12.1 Å². The molecule has 1 aliphatic rings. The number of hydrogen-bond acceptors (Lipinski definition) is 4. The molecule has 0 aliphatic heterocycles. The lowest BCUT2D eigenvalue weighted by molar-refractivity contribution is 0.101. The summed E-state index contributed by atoms with van der Waals surface area (Å²) in [6.45, 7) is 2.02. The molecule has 2 rings (SSSR count). The summed E-state index contributed by atoms with van der Waals surface area (Å²) in [4.78, 5) is 4.39. The molecule has 2 atom stereocenters. The van der Waals surface area contributed by atoms with Gasteiger partial charge in [-0.3, -0.25) is 0 Å². The van der Waals surface area contributed by atoms with Crippen LogP contribution in [-0.4, -0.2) is 24.2 Å². The second-order valence-corrected chi connectivity index (χ2v) is 4.61. The Hall–Kier alpha value is -0.610. The van der Waals surface area contributed by atoms with Crippen molar-refractivity contribution in [3.63, 3.8) is 0 Å². The Balaban J connectivity index is 1.96. The lowest BCUT2D eigenvalue weighted by Gasteiger charge is -2.18. The third-order valence-corrected chi connectivity index (χ3v) is 3.57. The largest absolute Gasteiger partial charge is 0.379 e. The molecule has 2 unspecified atom stereocenters. The van der Waals surface area contributed by atoms with Gasteiger partial charge in [-0.2, -0.15) is 0 Å². The van der Waals surface area contributed by atoms with Crippen molar-refractivity contribution >= 4 is 16.5 Å². The Bertz CT molecular complexity index is 300. The first-order valence-corrected chi connectivity index (χ1v) is 5.89. The van der Waals surface area contributed by atoms with Crippen molar-refractivity contribution in [3.8, 4) is 0 Å². The maximum Gasteiger partial charge on any atom is 0.183 e. The molecule has 1 heterocycles. The standard InChI is InChI=1S/C10H16N2OS/c1-7-6-14-10(11-7)12-8-4-3-5-9(8)13-2/h6,8-9H,3-5H2,1-2H3,(H,11,12). The molecule has 78 valence electrons. The van der Waals surface area contributed by atoms with Crippen LogP contribution >= 0.6 is 11.3 Å². The molecule has 0 aromatic carbocycles. The number of rotatable bonds is 3. The maximum atomic E-state index is 5.42. The third kappa shape index (κ3) is 2.07. The average molecular weight is 212 g/mol. The van der Waals surface area contributed by atoms with E-state index in [2.05, 4.69) is 15.7 Å². The molecule has 4 heteroatoms. The predicted molar refractivity (Wildman–Crippen MR) is 58.9 cm³/mol. The van der Waals surface area contributed by atoms with Crippen molar-refractivity contribution in [1.82, 2.24) is 4.98 Å². The van der Waals surface area contributed by atoms with E-state index in [-0.39, 0.29) is 0 Å². The summed E-state index contributed by atoms with van der Waals surface area (Å²) in [5, 5.41) is 6.54. The fourth-order valence-corrected chi connectivity index (χ4v) is 2.70. The first-order chi connectivity index (χ1) is 6.79. The van der Waals surface area contributed by atoms with Gasteiger partial charge in [0.15, 0.2) is 5.13 Å². The Labute approximate surface area is 88.5 Å². The van der Waals surface area contributed by atoms with E-state index < -0.39 is 0 Å². The van der Waals surface area contributed by atoms with Crippen LogP contribution in [0.15, 0.2) is 5.38 Å². The van der Waals surface area contributed by atoms with Gasteiger partial charge in [0.2, 0.25) is 0 Å². The van der Waals surface area contributed by atoms with Crippen molar-refractivity contribution < 1.29 is 4.74 Å². The minimum Gasteiger partial charge on any atom is -0.379 e. The van der Waals surface area contributed by atoms with Gasteiger partial charge in [0.1, 0.15) is 0 Å². The van der Waals surface area contributed by atoms with Crippen LogP contribution in [-0.2, 0) is 4.74 Å². The molecule has 1 aromatic heterocycles. The van der Waals surface area contributed by atoms with E-state index in [1.165, 1.54) is 19.3 Å². The van der Waals surface area contributed by atoms with Gasteiger partial charge in [0.25, 0.3) is 0 Å². The number of thiazole rings is 1. The minimum absolute atomic E-state index is 0.360. The fraction of sp³-hybridized carbons (Fsp3) is 0.700. The van der Waals surface area contributed by atoms with Gasteiger partial charge in [-0.15, -0.1) is 11.3 Å². The molecule has 1 fully saturated rings. The van der Waals surface area contributed by atoms with Gasteiger partial charge < -0.3 is 10.1 Å². The molecule has 1 N–H and O–H groups in total. The first-order valence-electron chi connectivity index (χ1n) is 5.01. The normalized spacial score (nSPS) is 26.7. The summed E-state index contributed by atoms with van der Waals surface area (Å²) in [5.74, 6) is 0. The summed E-state index contributed by atoms with van der Waals surface area (Å²) in [6.07, 6.45) is 3.97. The van der Waals surface area contributed by atoms with Crippen LogP contribution in [0.5, 0.6) is 0 Å². The zero-order valence-electron chi connectivity index (χ0n) is 8.62. The number of nitrogens with zero attached hydrogens (tertiary/aromatic N) is 1. The third-order valence-electron chi connectivity index (χ3n) is 2.68. The number of nitrogens with one attached hydrogen (secondary N) is 1. The average Bonchev–Trinajstić information content (AvgIpc) is 2.76. The number of aryl methyl sites for hydroxylation is 1. The van der Waals surface area contributed by atoms with Crippen molar-refractivity contribution in [3.05, 3.63) is 11.1 Å². The smallest absolute Gasteiger partial charge is 0.183 e. The molecule has 0 radical (unpaired) electrons. The summed E-state index contributed by atoms with van der Waals surface area (Å²) < 4.78 is 5.42. The van der Waals surface area contributed by atoms with Crippen LogP contribution in [0.2, 0.25) is 0 Å². The molecule has 0 bridgehead atoms. The Morgan fingerprint density at radius 1 is 1.57 bits per heavy atom. The van der Waals surface area contributed by atoms with E-state index >= 15 is 0 Å². The highest BCUT2D eigenvalue weighted by Gasteiger charge is 2.27. The predicted octanol–water partition coefficient (Wildman–Crippen LogP) is 2.43. The molecule has 0 amide bonds. The highest BCUT2D eigenvalue weighted by Crippen LogP contribution is 2.26. The van der Waals surface area contributed by atoms with E-state index in [4.69, 9.17) is 4.74 Å². The number of anilines is 1. The Morgan fingerprint density at radius 3 is 3.07 bits per heavy atom. The zero-order chi connectivity index (χ0) is 9.97. The quantitative estimate of drug-likeness (QED) is 0.835. The molecule has 0 spiro atoms. The molecular formula is C10H16N2OS. The van der Waals surface area contributed by atoms with E-state index in [1.807, 2.05) is 6.92 Å². The van der Waals surface area contributed by atoms with Crippen molar-refractivity contribution in [2.75, 3.05) is 12.4 Å². The lowest BCUT2D eigenvalue weighted by Crippen LogP contribution is -2.29. The zero-order valence-corrected chi connectivity index (χ0v) is 9.43. The molecule has 1 aromatic rings. The van der Waals surface area contributed by atoms with E-state index in [9.17, 15) is 0 Å². The Kier molecular flexibility index (Phi) is 3.03. The Morgan fingerprint density at radius 2 is 2.43 bits per heavy atom. The maximum absolute atomic E-state index is 5.42. The number of hydrogen-bond donors (Lipinski definition) is 1. The van der Waals surface area contributed by atoms with Crippen LogP contribution in [0.1, 0.15) is 25.0 Å². The van der Waals surface area contributed by atoms with Gasteiger partial charge in [0, 0.05) is 12.5 Å². The van der Waals surface area contributed by atoms with E-state index in [1.54, 1.807) is 18.4 Å². The SMILES string of the molecule is COC1CCCC1Nc1nc(C)cs1. The topological polar surface area (TPSA) is 34.1 Å².